The minimum Gasteiger partial charge on any atom is -0.352 e. The summed E-state index contributed by atoms with van der Waals surface area (Å²) in [6.45, 7) is 5.54. The van der Waals surface area contributed by atoms with E-state index in [1.165, 1.54) is 4.90 Å². The first-order valence-electron chi connectivity index (χ1n) is 12.2. The molecule has 0 spiro atoms. The second-order valence-corrected chi connectivity index (χ2v) is 11.8. The van der Waals surface area contributed by atoms with Crippen LogP contribution in [0.1, 0.15) is 52.0 Å². The number of carbonyl (C=O) groups is 2. The lowest BCUT2D eigenvalue weighted by molar-refractivity contribution is -0.141. The molecule has 0 aliphatic rings. The van der Waals surface area contributed by atoms with Gasteiger partial charge >= 0.3 is 0 Å². The molecule has 38 heavy (non-hydrogen) atoms. The second-order valence-electron chi connectivity index (χ2n) is 9.05. The summed E-state index contributed by atoms with van der Waals surface area (Å²) in [7, 11) is -3.85. The summed E-state index contributed by atoms with van der Waals surface area (Å²) in [4.78, 5) is 27.9. The summed E-state index contributed by atoms with van der Waals surface area (Å²) in [5, 5.41) is 3.58. The van der Waals surface area contributed by atoms with Crippen LogP contribution in [0.2, 0.25) is 10.0 Å². The third-order valence-electron chi connectivity index (χ3n) is 6.07. The first kappa shape index (κ1) is 31.8. The van der Waals surface area contributed by atoms with Gasteiger partial charge in [-0.1, -0.05) is 43.1 Å². The second kappa shape index (κ2) is 14.1. The van der Waals surface area contributed by atoms with E-state index in [2.05, 4.69) is 5.32 Å². The summed E-state index contributed by atoms with van der Waals surface area (Å²) in [6.07, 6.45) is 1.99. The fourth-order valence-electron chi connectivity index (χ4n) is 3.84. The van der Waals surface area contributed by atoms with Crippen LogP contribution >= 0.6 is 23.2 Å². The molecule has 1 N–H and O–H groups in total. The van der Waals surface area contributed by atoms with Gasteiger partial charge in [-0.2, -0.15) is 0 Å². The molecule has 2 aromatic carbocycles. The normalized spacial score (nSPS) is 13.1. The Morgan fingerprint density at radius 2 is 1.68 bits per heavy atom. The molecule has 2 aromatic rings. The van der Waals surface area contributed by atoms with E-state index in [1.807, 2.05) is 13.8 Å². The van der Waals surface area contributed by atoms with Gasteiger partial charge < -0.3 is 10.2 Å². The lowest BCUT2D eigenvalue weighted by Gasteiger charge is -2.32. The maximum atomic E-state index is 13.8. The van der Waals surface area contributed by atoms with E-state index in [9.17, 15) is 26.8 Å². The van der Waals surface area contributed by atoms with Crippen LogP contribution in [-0.4, -0.2) is 50.0 Å². The van der Waals surface area contributed by atoms with Crippen molar-refractivity contribution < 1.29 is 26.8 Å². The lowest BCUT2D eigenvalue weighted by Crippen LogP contribution is -2.50. The summed E-state index contributed by atoms with van der Waals surface area (Å²) in [5.41, 5.74) is 0.618. The van der Waals surface area contributed by atoms with Crippen molar-refractivity contribution >= 4 is 50.7 Å². The van der Waals surface area contributed by atoms with Crippen molar-refractivity contribution in [2.45, 2.75) is 65.1 Å². The van der Waals surface area contributed by atoms with Crippen molar-refractivity contribution in [2.75, 3.05) is 17.1 Å². The van der Waals surface area contributed by atoms with E-state index in [0.717, 1.165) is 28.8 Å². The van der Waals surface area contributed by atoms with Crippen LogP contribution in [0.5, 0.6) is 0 Å². The fourth-order valence-corrected chi connectivity index (χ4v) is 5.12. The number of rotatable bonds is 13. The van der Waals surface area contributed by atoms with Crippen LogP contribution in [-0.2, 0) is 26.2 Å². The van der Waals surface area contributed by atoms with Gasteiger partial charge in [0.1, 0.15) is 6.04 Å². The number of amides is 2. The number of anilines is 1. The van der Waals surface area contributed by atoms with E-state index in [1.54, 1.807) is 25.1 Å². The number of carbonyl (C=O) groups excluding carboxylic acids is 2. The Labute approximate surface area is 233 Å². The van der Waals surface area contributed by atoms with Gasteiger partial charge in [-0.3, -0.25) is 13.9 Å². The molecular weight excluding hydrogens is 559 g/mol. The predicted octanol–water partition coefficient (Wildman–Crippen LogP) is 5.54. The van der Waals surface area contributed by atoms with Crippen LogP contribution in [0.3, 0.4) is 0 Å². The predicted molar refractivity (Wildman–Crippen MR) is 147 cm³/mol. The summed E-state index contributed by atoms with van der Waals surface area (Å²) in [5.74, 6) is -2.95. The highest BCUT2D eigenvalue weighted by molar-refractivity contribution is 7.92. The van der Waals surface area contributed by atoms with Crippen molar-refractivity contribution in [2.24, 2.45) is 0 Å². The minimum absolute atomic E-state index is 0.0501. The molecule has 2 amide bonds. The summed E-state index contributed by atoms with van der Waals surface area (Å²) in [6, 6.07) is 6.87. The zero-order chi connectivity index (χ0) is 28.6. The van der Waals surface area contributed by atoms with E-state index in [-0.39, 0.29) is 49.5 Å². The van der Waals surface area contributed by atoms with Gasteiger partial charge in [0.2, 0.25) is 21.8 Å². The Kier molecular flexibility index (Phi) is 11.8. The number of nitrogens with zero attached hydrogens (tertiary/aromatic N) is 2. The SMILES string of the molecule is CC[C@@H](C)NC(=O)[C@H](CC)N(Cc1ccc(Cl)c(Cl)c1)C(=O)CCCN(c1ccc(F)c(F)c1)S(C)(=O)=O. The van der Waals surface area contributed by atoms with Gasteiger partial charge in [0.05, 0.1) is 22.0 Å². The van der Waals surface area contributed by atoms with Gasteiger partial charge in [-0.15, -0.1) is 0 Å². The van der Waals surface area contributed by atoms with Crippen molar-refractivity contribution in [1.82, 2.24) is 10.2 Å². The Morgan fingerprint density at radius 3 is 2.24 bits per heavy atom. The molecule has 0 saturated heterocycles. The zero-order valence-corrected chi connectivity index (χ0v) is 24.1. The standard InChI is InChI=1S/C26H33Cl2F2N3O4S/c1-5-17(3)31-26(35)24(6-2)32(16-18-9-11-20(27)21(28)14-18)25(34)8-7-13-33(38(4,36)37)19-10-12-22(29)23(30)15-19/h9-12,14-15,17,24H,5-8,13,16H2,1-4H3,(H,31,35)/t17-,24+/m1/s1. The molecular formula is C26H33Cl2F2N3O4S. The van der Waals surface area contributed by atoms with Crippen molar-refractivity contribution in [3.05, 3.63) is 63.6 Å². The van der Waals surface area contributed by atoms with Crippen molar-refractivity contribution in [1.29, 1.82) is 0 Å². The van der Waals surface area contributed by atoms with Crippen LogP contribution in [0, 0.1) is 11.6 Å². The molecule has 0 unspecified atom stereocenters. The molecule has 7 nitrogen and oxygen atoms in total. The minimum atomic E-state index is -3.85. The Bertz CT molecular complexity index is 1250. The van der Waals surface area contributed by atoms with Gasteiger partial charge in [-0.05, 0) is 56.0 Å². The van der Waals surface area contributed by atoms with E-state index in [4.69, 9.17) is 23.2 Å². The number of benzene rings is 2. The Balaban J connectivity index is 2.27. The molecule has 12 heteroatoms. The summed E-state index contributed by atoms with van der Waals surface area (Å²) >= 11 is 12.2. The number of nitrogens with one attached hydrogen (secondary N) is 1. The first-order chi connectivity index (χ1) is 17.8. The number of sulfonamides is 1. The van der Waals surface area contributed by atoms with Crippen LogP contribution in [0.15, 0.2) is 36.4 Å². The highest BCUT2D eigenvalue weighted by Gasteiger charge is 2.29. The molecule has 0 aliphatic heterocycles. The fraction of sp³-hybridized carbons (Fsp3) is 0.462. The average Bonchev–Trinajstić information content (AvgIpc) is 2.84. The van der Waals surface area contributed by atoms with Gasteiger partial charge in [0, 0.05) is 31.6 Å². The summed E-state index contributed by atoms with van der Waals surface area (Å²) < 4.78 is 52.7. The molecule has 0 aromatic heterocycles. The van der Waals surface area contributed by atoms with E-state index >= 15 is 0 Å². The Morgan fingerprint density at radius 1 is 1.00 bits per heavy atom. The molecule has 0 aliphatic carbocycles. The maximum absolute atomic E-state index is 13.8. The highest BCUT2D eigenvalue weighted by atomic mass is 35.5. The van der Waals surface area contributed by atoms with Crippen molar-refractivity contribution in [3.8, 4) is 0 Å². The molecule has 0 bridgehead atoms. The van der Waals surface area contributed by atoms with E-state index < -0.39 is 27.7 Å². The van der Waals surface area contributed by atoms with Gasteiger partial charge in [-0.25, -0.2) is 17.2 Å². The molecule has 0 radical (unpaired) electrons. The molecule has 0 saturated carbocycles. The van der Waals surface area contributed by atoms with Crippen LogP contribution in [0.25, 0.3) is 0 Å². The molecule has 0 heterocycles. The average molecular weight is 593 g/mol. The Hall–Kier alpha value is -2.43. The molecule has 0 fully saturated rings. The molecule has 2 atom stereocenters. The smallest absolute Gasteiger partial charge is 0.243 e. The van der Waals surface area contributed by atoms with Crippen molar-refractivity contribution in [3.63, 3.8) is 0 Å². The zero-order valence-electron chi connectivity index (χ0n) is 21.8. The number of hydrogen-bond donors (Lipinski definition) is 1. The molecule has 210 valence electrons. The highest BCUT2D eigenvalue weighted by Crippen LogP contribution is 2.25. The monoisotopic (exact) mass is 591 g/mol. The number of halogens is 4. The van der Waals surface area contributed by atoms with Crippen LogP contribution in [0.4, 0.5) is 14.5 Å². The lowest BCUT2D eigenvalue weighted by atomic mass is 10.1. The van der Waals surface area contributed by atoms with Gasteiger partial charge in [0.15, 0.2) is 11.6 Å². The topological polar surface area (TPSA) is 86.8 Å². The van der Waals surface area contributed by atoms with Crippen LogP contribution < -0.4 is 9.62 Å². The molecule has 2 rings (SSSR count). The largest absolute Gasteiger partial charge is 0.352 e. The third kappa shape index (κ3) is 8.81. The van der Waals surface area contributed by atoms with Gasteiger partial charge in [0.25, 0.3) is 0 Å². The maximum Gasteiger partial charge on any atom is 0.243 e. The number of hydrogen-bond acceptors (Lipinski definition) is 4. The third-order valence-corrected chi connectivity index (χ3v) is 8.00. The first-order valence-corrected chi connectivity index (χ1v) is 14.8. The van der Waals surface area contributed by atoms with E-state index in [0.29, 0.717) is 28.5 Å². The quantitative estimate of drug-likeness (QED) is 0.331.